The summed E-state index contributed by atoms with van der Waals surface area (Å²) in [6, 6.07) is 2.91. The average molecular weight is 281 g/mol. The molecule has 1 aromatic rings. The lowest BCUT2D eigenvalue weighted by atomic mass is 10.1. The third kappa shape index (κ3) is 3.37. The van der Waals surface area contributed by atoms with Crippen molar-refractivity contribution < 1.29 is 14.7 Å². The van der Waals surface area contributed by atoms with E-state index in [1.165, 1.54) is 6.20 Å². The normalized spacial score (nSPS) is 19.2. The lowest BCUT2D eigenvalue weighted by Gasteiger charge is -2.34. The number of anilines is 1. The van der Waals surface area contributed by atoms with Crippen molar-refractivity contribution in [3.05, 3.63) is 24.0 Å². The third-order valence-electron chi connectivity index (χ3n) is 2.90. The second-order valence-corrected chi connectivity index (χ2v) is 5.45. The van der Waals surface area contributed by atoms with Gasteiger partial charge in [0.2, 0.25) is 0 Å². The number of nitrogen functional groups attached to an aromatic ring is 1. The molecule has 0 aromatic carbocycles. The summed E-state index contributed by atoms with van der Waals surface area (Å²) >= 11 is 1.67. The monoisotopic (exact) mass is 281 g/mol. The van der Waals surface area contributed by atoms with E-state index in [9.17, 15) is 9.59 Å². The minimum atomic E-state index is -0.893. The molecule has 0 saturated carbocycles. The molecule has 6 nitrogen and oxygen atoms in total. The summed E-state index contributed by atoms with van der Waals surface area (Å²) in [7, 11) is 0. The van der Waals surface area contributed by atoms with Gasteiger partial charge < -0.3 is 15.7 Å². The maximum atomic E-state index is 12.3. The zero-order valence-corrected chi connectivity index (χ0v) is 11.1. The highest BCUT2D eigenvalue weighted by molar-refractivity contribution is 7.99. The van der Waals surface area contributed by atoms with Crippen LogP contribution in [0.25, 0.3) is 0 Å². The van der Waals surface area contributed by atoms with Crippen LogP contribution in [-0.4, -0.2) is 51.0 Å². The standard InChI is InChI=1S/C12H15N3O3S/c13-8-1-2-10(14-6-8)12(18)15-3-4-19-7-9(15)5-11(16)17/h1-2,6,9H,3-5,7,13H2,(H,16,17). The number of nitrogens with zero attached hydrogens (tertiary/aromatic N) is 2. The van der Waals surface area contributed by atoms with Gasteiger partial charge in [0.25, 0.3) is 5.91 Å². The second kappa shape index (κ2) is 5.92. The van der Waals surface area contributed by atoms with E-state index in [1.807, 2.05) is 0 Å². The fourth-order valence-electron chi connectivity index (χ4n) is 1.97. The van der Waals surface area contributed by atoms with E-state index in [-0.39, 0.29) is 18.4 Å². The number of nitrogens with two attached hydrogens (primary N) is 1. The number of rotatable bonds is 3. The van der Waals surface area contributed by atoms with Crippen molar-refractivity contribution in [2.45, 2.75) is 12.5 Å². The first kappa shape index (κ1) is 13.7. The maximum Gasteiger partial charge on any atom is 0.305 e. The molecule has 1 atom stereocenters. The molecule has 1 saturated heterocycles. The molecular formula is C12H15N3O3S. The number of aromatic nitrogens is 1. The molecule has 2 rings (SSSR count). The number of amides is 1. The Hall–Kier alpha value is -1.76. The van der Waals surface area contributed by atoms with Gasteiger partial charge in [0, 0.05) is 18.1 Å². The fraction of sp³-hybridized carbons (Fsp3) is 0.417. The number of carboxylic acid groups (broad SMARTS) is 1. The van der Waals surface area contributed by atoms with Gasteiger partial charge in [-0.3, -0.25) is 9.59 Å². The van der Waals surface area contributed by atoms with E-state index in [0.717, 1.165) is 5.75 Å². The van der Waals surface area contributed by atoms with Crippen LogP contribution in [-0.2, 0) is 4.79 Å². The van der Waals surface area contributed by atoms with Crippen LogP contribution in [0, 0.1) is 0 Å². The van der Waals surface area contributed by atoms with Crippen molar-refractivity contribution in [1.29, 1.82) is 0 Å². The summed E-state index contributed by atoms with van der Waals surface area (Å²) in [6.45, 7) is 0.549. The molecule has 0 radical (unpaired) electrons. The SMILES string of the molecule is Nc1ccc(C(=O)N2CCSCC2CC(=O)O)nc1. The molecule has 19 heavy (non-hydrogen) atoms. The first-order valence-electron chi connectivity index (χ1n) is 5.90. The fourth-order valence-corrected chi connectivity index (χ4v) is 3.03. The van der Waals surface area contributed by atoms with Crippen LogP contribution in [0.2, 0.25) is 0 Å². The van der Waals surface area contributed by atoms with Gasteiger partial charge in [0.15, 0.2) is 0 Å². The number of carboxylic acids is 1. The smallest absolute Gasteiger partial charge is 0.305 e. The highest BCUT2D eigenvalue weighted by Gasteiger charge is 2.29. The third-order valence-corrected chi connectivity index (χ3v) is 4.00. The molecule has 3 N–H and O–H groups in total. The highest BCUT2D eigenvalue weighted by Crippen LogP contribution is 2.21. The second-order valence-electron chi connectivity index (χ2n) is 4.30. The Morgan fingerprint density at radius 2 is 2.32 bits per heavy atom. The molecule has 1 aliphatic heterocycles. The summed E-state index contributed by atoms with van der Waals surface area (Å²) in [5.74, 6) is 0.339. The molecule has 1 aromatic heterocycles. The molecule has 1 unspecified atom stereocenters. The van der Waals surface area contributed by atoms with Gasteiger partial charge in [0.1, 0.15) is 5.69 Å². The first-order chi connectivity index (χ1) is 9.08. The molecule has 0 bridgehead atoms. The van der Waals surface area contributed by atoms with E-state index in [1.54, 1.807) is 28.8 Å². The van der Waals surface area contributed by atoms with E-state index >= 15 is 0 Å². The number of carbonyl (C=O) groups is 2. The van der Waals surface area contributed by atoms with Crippen molar-refractivity contribution in [3.63, 3.8) is 0 Å². The number of pyridine rings is 1. The van der Waals surface area contributed by atoms with Crippen molar-refractivity contribution in [2.24, 2.45) is 0 Å². The summed E-state index contributed by atoms with van der Waals surface area (Å²) < 4.78 is 0. The lowest BCUT2D eigenvalue weighted by molar-refractivity contribution is -0.138. The van der Waals surface area contributed by atoms with Crippen LogP contribution >= 0.6 is 11.8 Å². The van der Waals surface area contributed by atoms with Crippen LogP contribution in [0.15, 0.2) is 18.3 Å². The minimum Gasteiger partial charge on any atom is -0.481 e. The Bertz CT molecular complexity index is 478. The van der Waals surface area contributed by atoms with Crippen molar-refractivity contribution in [1.82, 2.24) is 9.88 Å². The average Bonchev–Trinajstić information content (AvgIpc) is 2.39. The van der Waals surface area contributed by atoms with Crippen LogP contribution in [0.1, 0.15) is 16.9 Å². The highest BCUT2D eigenvalue weighted by atomic mass is 32.2. The largest absolute Gasteiger partial charge is 0.481 e. The Balaban J connectivity index is 2.15. The van der Waals surface area contributed by atoms with Gasteiger partial charge in [-0.15, -0.1) is 0 Å². The molecular weight excluding hydrogens is 266 g/mol. The molecule has 2 heterocycles. The van der Waals surface area contributed by atoms with Gasteiger partial charge in [-0.1, -0.05) is 0 Å². The molecule has 0 aliphatic carbocycles. The van der Waals surface area contributed by atoms with Crippen molar-refractivity contribution in [2.75, 3.05) is 23.8 Å². The molecule has 0 spiro atoms. The Kier molecular flexibility index (Phi) is 4.26. The zero-order chi connectivity index (χ0) is 13.8. The first-order valence-corrected chi connectivity index (χ1v) is 7.05. The molecule has 1 fully saturated rings. The van der Waals surface area contributed by atoms with Gasteiger partial charge in [0.05, 0.1) is 24.3 Å². The Morgan fingerprint density at radius 3 is 2.95 bits per heavy atom. The Labute approximate surface area is 115 Å². The van der Waals surface area contributed by atoms with Crippen LogP contribution in [0.5, 0.6) is 0 Å². The summed E-state index contributed by atoms with van der Waals surface area (Å²) in [4.78, 5) is 28.8. The number of hydrogen-bond donors (Lipinski definition) is 2. The summed E-state index contributed by atoms with van der Waals surface area (Å²) in [5.41, 5.74) is 6.33. The molecule has 1 amide bonds. The number of hydrogen-bond acceptors (Lipinski definition) is 5. The Morgan fingerprint density at radius 1 is 1.53 bits per heavy atom. The van der Waals surface area contributed by atoms with Gasteiger partial charge in [-0.05, 0) is 12.1 Å². The quantitative estimate of drug-likeness (QED) is 0.846. The number of carbonyl (C=O) groups excluding carboxylic acids is 1. The topological polar surface area (TPSA) is 96.5 Å². The van der Waals surface area contributed by atoms with E-state index < -0.39 is 5.97 Å². The van der Waals surface area contributed by atoms with Gasteiger partial charge in [-0.25, -0.2) is 4.98 Å². The van der Waals surface area contributed by atoms with Crippen molar-refractivity contribution >= 4 is 29.3 Å². The van der Waals surface area contributed by atoms with Gasteiger partial charge in [-0.2, -0.15) is 11.8 Å². The maximum absolute atomic E-state index is 12.3. The van der Waals surface area contributed by atoms with Crippen LogP contribution in [0.3, 0.4) is 0 Å². The minimum absolute atomic E-state index is 0.0340. The molecule has 7 heteroatoms. The van der Waals surface area contributed by atoms with E-state index in [2.05, 4.69) is 4.98 Å². The number of thioether (sulfide) groups is 1. The molecule has 102 valence electrons. The summed E-state index contributed by atoms with van der Waals surface area (Å²) in [6.07, 6.45) is 1.39. The molecule has 1 aliphatic rings. The van der Waals surface area contributed by atoms with Gasteiger partial charge >= 0.3 is 5.97 Å². The predicted octanol–water partition coefficient (Wildman–Crippen LogP) is 0.696. The van der Waals surface area contributed by atoms with Crippen LogP contribution < -0.4 is 5.73 Å². The summed E-state index contributed by atoms with van der Waals surface area (Å²) in [5, 5.41) is 8.89. The zero-order valence-electron chi connectivity index (χ0n) is 10.3. The van der Waals surface area contributed by atoms with Crippen molar-refractivity contribution in [3.8, 4) is 0 Å². The van der Waals surface area contributed by atoms with E-state index in [0.29, 0.717) is 23.7 Å². The lowest BCUT2D eigenvalue weighted by Crippen LogP contribution is -2.47. The van der Waals surface area contributed by atoms with Crippen LogP contribution in [0.4, 0.5) is 5.69 Å². The number of aliphatic carboxylic acids is 1. The predicted molar refractivity (Wildman–Crippen MR) is 73.1 cm³/mol. The van der Waals surface area contributed by atoms with E-state index in [4.69, 9.17) is 10.8 Å².